The second-order valence-electron chi connectivity index (χ2n) is 8.10. The van der Waals surface area contributed by atoms with E-state index in [1.165, 1.54) is 24.3 Å². The van der Waals surface area contributed by atoms with Gasteiger partial charge >= 0.3 is 12.4 Å². The predicted molar refractivity (Wildman–Crippen MR) is 112 cm³/mol. The van der Waals surface area contributed by atoms with E-state index in [0.717, 1.165) is 5.01 Å². The van der Waals surface area contributed by atoms with E-state index in [2.05, 4.69) is 5.43 Å². The maximum Gasteiger partial charge on any atom is 0.416 e. The molecule has 1 aliphatic heterocycles. The second-order valence-corrected chi connectivity index (χ2v) is 8.10. The molecule has 6 nitrogen and oxygen atoms in total. The highest BCUT2D eigenvalue weighted by atomic mass is 19.4. The van der Waals surface area contributed by atoms with Crippen LogP contribution in [-0.4, -0.2) is 17.7 Å². The Morgan fingerprint density at radius 2 is 1.49 bits per heavy atom. The molecule has 12 heteroatoms. The number of amides is 3. The van der Waals surface area contributed by atoms with Crippen LogP contribution < -0.4 is 15.8 Å². The lowest BCUT2D eigenvalue weighted by Crippen LogP contribution is -2.59. The molecule has 184 valence electrons. The highest BCUT2D eigenvalue weighted by molar-refractivity contribution is 6.07. The molecule has 2 aliphatic rings. The Morgan fingerprint density at radius 3 is 2.09 bits per heavy atom. The van der Waals surface area contributed by atoms with E-state index < -0.39 is 52.8 Å². The summed E-state index contributed by atoms with van der Waals surface area (Å²) < 4.78 is 78.5. The molecule has 1 saturated heterocycles. The number of anilines is 2. The van der Waals surface area contributed by atoms with Crippen molar-refractivity contribution < 1.29 is 40.7 Å². The molecule has 1 heterocycles. The molecule has 2 aromatic carbocycles. The smallest absolute Gasteiger partial charge is 0.322 e. The summed E-state index contributed by atoms with van der Waals surface area (Å²) in [6.45, 7) is 0. The molecule has 3 amide bonds. The van der Waals surface area contributed by atoms with E-state index in [0.29, 0.717) is 25.0 Å². The Morgan fingerprint density at radius 1 is 0.886 bits per heavy atom. The zero-order chi connectivity index (χ0) is 25.5. The lowest BCUT2D eigenvalue weighted by atomic mass is 9.80. The molecule has 0 bridgehead atoms. The zero-order valence-corrected chi connectivity index (χ0v) is 17.7. The number of carbonyl (C=O) groups is 3. The summed E-state index contributed by atoms with van der Waals surface area (Å²) in [5.74, 6) is -2.88. The fraction of sp³-hybridized carbons (Fsp3) is 0.261. The van der Waals surface area contributed by atoms with Crippen molar-refractivity contribution in [3.63, 3.8) is 0 Å². The number of halogens is 6. The van der Waals surface area contributed by atoms with Crippen LogP contribution in [0.5, 0.6) is 0 Å². The SMILES string of the molecule is O=C(Nc1cc(C(F)(F)F)cc(C(F)(F)F)c1)c1cccc(N2NC(=O)C3CC=CCC3C2=O)c1. The van der Waals surface area contributed by atoms with E-state index in [9.17, 15) is 40.7 Å². The topological polar surface area (TPSA) is 78.5 Å². The number of nitrogens with zero attached hydrogens (tertiary/aromatic N) is 1. The molecule has 0 aromatic heterocycles. The fourth-order valence-corrected chi connectivity index (χ4v) is 4.00. The van der Waals surface area contributed by atoms with Gasteiger partial charge in [0.1, 0.15) is 0 Å². The normalized spacial score (nSPS) is 20.3. The van der Waals surface area contributed by atoms with Crippen molar-refractivity contribution in [3.8, 4) is 0 Å². The Kier molecular flexibility index (Phi) is 6.07. The lowest BCUT2D eigenvalue weighted by molar-refractivity contribution is -0.143. The largest absolute Gasteiger partial charge is 0.416 e. The van der Waals surface area contributed by atoms with Crippen LogP contribution in [0.25, 0.3) is 0 Å². The Bertz CT molecular complexity index is 1190. The van der Waals surface area contributed by atoms with Crippen molar-refractivity contribution in [1.82, 2.24) is 5.43 Å². The summed E-state index contributed by atoms with van der Waals surface area (Å²) in [4.78, 5) is 38.0. The first kappa shape index (κ1) is 24.3. The Labute approximate surface area is 194 Å². The molecule has 4 rings (SSSR count). The van der Waals surface area contributed by atoms with E-state index >= 15 is 0 Å². The number of allylic oxidation sites excluding steroid dienone is 2. The van der Waals surface area contributed by atoms with Crippen LogP contribution in [-0.2, 0) is 21.9 Å². The second kappa shape index (κ2) is 8.75. The van der Waals surface area contributed by atoms with Crippen LogP contribution in [0.15, 0.2) is 54.6 Å². The van der Waals surface area contributed by atoms with Crippen LogP contribution in [0.1, 0.15) is 34.3 Å². The molecule has 1 fully saturated rings. The summed E-state index contributed by atoms with van der Waals surface area (Å²) in [6, 6.07) is 5.99. The Hall–Kier alpha value is -3.83. The number of nitrogens with one attached hydrogen (secondary N) is 2. The molecule has 35 heavy (non-hydrogen) atoms. The van der Waals surface area contributed by atoms with Crippen molar-refractivity contribution in [1.29, 1.82) is 0 Å². The third-order valence-electron chi connectivity index (χ3n) is 5.74. The van der Waals surface area contributed by atoms with Gasteiger partial charge in [-0.1, -0.05) is 18.2 Å². The number of rotatable bonds is 3. The predicted octanol–water partition coefficient (Wildman–Crippen LogP) is 4.94. The van der Waals surface area contributed by atoms with E-state index in [1.54, 1.807) is 6.08 Å². The first-order chi connectivity index (χ1) is 16.3. The van der Waals surface area contributed by atoms with Gasteiger partial charge in [-0.15, -0.1) is 0 Å². The molecule has 2 aromatic rings. The minimum atomic E-state index is -5.07. The van der Waals surface area contributed by atoms with Crippen molar-refractivity contribution >= 4 is 29.1 Å². The van der Waals surface area contributed by atoms with Crippen LogP contribution >= 0.6 is 0 Å². The maximum atomic E-state index is 13.1. The number of alkyl halides is 6. The van der Waals surface area contributed by atoms with Crippen LogP contribution in [0, 0.1) is 11.8 Å². The number of hydrogen-bond donors (Lipinski definition) is 2. The molecule has 0 radical (unpaired) electrons. The van der Waals surface area contributed by atoms with Gasteiger partial charge in [0, 0.05) is 11.3 Å². The molecule has 1 aliphatic carbocycles. The van der Waals surface area contributed by atoms with E-state index in [1.807, 2.05) is 11.4 Å². The maximum absolute atomic E-state index is 13.1. The highest BCUT2D eigenvalue weighted by Crippen LogP contribution is 2.38. The molecule has 0 saturated carbocycles. The third-order valence-corrected chi connectivity index (χ3v) is 5.74. The molecule has 2 atom stereocenters. The van der Waals surface area contributed by atoms with Gasteiger partial charge in [0.2, 0.25) is 11.8 Å². The number of hydrazine groups is 1. The van der Waals surface area contributed by atoms with Crippen molar-refractivity contribution in [3.05, 3.63) is 71.3 Å². The van der Waals surface area contributed by atoms with Gasteiger partial charge in [0.05, 0.1) is 28.7 Å². The van der Waals surface area contributed by atoms with Crippen LogP contribution in [0.3, 0.4) is 0 Å². The third kappa shape index (κ3) is 5.00. The lowest BCUT2D eigenvalue weighted by Gasteiger charge is -2.38. The van der Waals surface area contributed by atoms with Crippen LogP contribution in [0.2, 0.25) is 0 Å². The van der Waals surface area contributed by atoms with Gasteiger partial charge in [-0.3, -0.25) is 19.8 Å². The van der Waals surface area contributed by atoms with Crippen molar-refractivity contribution in [2.75, 3.05) is 10.3 Å². The summed E-state index contributed by atoms with van der Waals surface area (Å²) in [5, 5.41) is 3.03. The van der Waals surface area contributed by atoms with Crippen molar-refractivity contribution in [2.24, 2.45) is 11.8 Å². The number of fused-ring (bicyclic) bond motifs is 1. The quantitative estimate of drug-likeness (QED) is 0.466. The monoisotopic (exact) mass is 497 g/mol. The fourth-order valence-electron chi connectivity index (χ4n) is 4.00. The molecule has 2 N–H and O–H groups in total. The number of benzene rings is 2. The summed E-state index contributed by atoms with van der Waals surface area (Å²) in [5.41, 5.74) is -1.42. The van der Waals surface area contributed by atoms with E-state index in [-0.39, 0.29) is 23.2 Å². The summed E-state index contributed by atoms with van der Waals surface area (Å²) >= 11 is 0. The van der Waals surface area contributed by atoms with Gasteiger partial charge in [0.25, 0.3) is 5.91 Å². The first-order valence-electron chi connectivity index (χ1n) is 10.3. The average molecular weight is 497 g/mol. The molecular weight excluding hydrogens is 480 g/mol. The minimum absolute atomic E-state index is 0.0470. The first-order valence-corrected chi connectivity index (χ1v) is 10.3. The highest BCUT2D eigenvalue weighted by Gasteiger charge is 2.42. The van der Waals surface area contributed by atoms with Gasteiger partial charge in [-0.05, 0) is 49.2 Å². The molecular formula is C23H17F6N3O3. The Balaban J connectivity index is 1.60. The zero-order valence-electron chi connectivity index (χ0n) is 17.7. The summed E-state index contributed by atoms with van der Waals surface area (Å²) in [7, 11) is 0. The standard InChI is InChI=1S/C23H17F6N3O3/c24-22(25,26)13-9-14(23(27,28)29)11-15(10-13)30-19(33)12-4-3-5-16(8-12)32-21(35)18-7-2-1-6-17(18)20(34)31-32/h1-5,8-11,17-18H,6-7H2,(H,30,33)(H,31,34). The minimum Gasteiger partial charge on any atom is -0.322 e. The van der Waals surface area contributed by atoms with Gasteiger partial charge < -0.3 is 5.32 Å². The van der Waals surface area contributed by atoms with Gasteiger partial charge in [-0.25, -0.2) is 5.01 Å². The van der Waals surface area contributed by atoms with E-state index in [4.69, 9.17) is 0 Å². The average Bonchev–Trinajstić information content (AvgIpc) is 2.80. The summed E-state index contributed by atoms with van der Waals surface area (Å²) in [6.07, 6.45) is -5.75. The molecule has 2 unspecified atom stereocenters. The van der Waals surface area contributed by atoms with Crippen LogP contribution in [0.4, 0.5) is 37.7 Å². The van der Waals surface area contributed by atoms with Crippen molar-refractivity contribution in [2.45, 2.75) is 25.2 Å². The van der Waals surface area contributed by atoms with Gasteiger partial charge in [0.15, 0.2) is 0 Å². The number of carbonyl (C=O) groups excluding carboxylic acids is 3. The van der Waals surface area contributed by atoms with Gasteiger partial charge in [-0.2, -0.15) is 26.3 Å². The molecule has 0 spiro atoms. The number of hydrogen-bond acceptors (Lipinski definition) is 3.